The van der Waals surface area contributed by atoms with E-state index in [-0.39, 0.29) is 5.91 Å². The fourth-order valence-electron chi connectivity index (χ4n) is 2.56. The summed E-state index contributed by atoms with van der Waals surface area (Å²) < 4.78 is 0.711. The molecule has 0 aliphatic carbocycles. The summed E-state index contributed by atoms with van der Waals surface area (Å²) in [7, 11) is 0. The number of amides is 1. The van der Waals surface area contributed by atoms with E-state index in [0.717, 1.165) is 25.9 Å². The number of halogens is 3. The largest absolute Gasteiger partial charge is 0.324 e. The zero-order chi connectivity index (χ0) is 15.6. The molecule has 6 heteroatoms. The quantitative estimate of drug-likeness (QED) is 0.729. The standard InChI is InChI=1S/C15H19BrCl2N2O/c1-15(2,9-4-3-7-19-8-9)14(21)20-11-6-5-10(16)12(17)13(11)18/h5-6,9,19H,3-4,7-8H2,1-2H3,(H,20,21). The lowest BCUT2D eigenvalue weighted by atomic mass is 9.74. The third kappa shape index (κ3) is 3.73. The van der Waals surface area contributed by atoms with Gasteiger partial charge in [-0.25, -0.2) is 0 Å². The van der Waals surface area contributed by atoms with Crippen LogP contribution in [0, 0.1) is 11.3 Å². The maximum Gasteiger partial charge on any atom is 0.230 e. The van der Waals surface area contributed by atoms with Crippen molar-refractivity contribution in [3.05, 3.63) is 26.7 Å². The molecule has 0 radical (unpaired) electrons. The Balaban J connectivity index is 2.15. The predicted molar refractivity (Wildman–Crippen MR) is 92.2 cm³/mol. The van der Waals surface area contributed by atoms with Gasteiger partial charge >= 0.3 is 0 Å². The van der Waals surface area contributed by atoms with Crippen LogP contribution in [-0.4, -0.2) is 19.0 Å². The molecule has 1 atom stereocenters. The summed E-state index contributed by atoms with van der Waals surface area (Å²) in [6.07, 6.45) is 2.16. The SMILES string of the molecule is CC(C)(C(=O)Nc1ccc(Br)c(Cl)c1Cl)C1CCCNC1. The van der Waals surface area contributed by atoms with E-state index in [0.29, 0.717) is 26.1 Å². The van der Waals surface area contributed by atoms with Crippen molar-refractivity contribution < 1.29 is 4.79 Å². The van der Waals surface area contributed by atoms with Crippen LogP contribution >= 0.6 is 39.1 Å². The maximum atomic E-state index is 12.6. The van der Waals surface area contributed by atoms with Gasteiger partial charge in [0.1, 0.15) is 0 Å². The van der Waals surface area contributed by atoms with E-state index in [1.165, 1.54) is 0 Å². The Morgan fingerprint density at radius 2 is 2.10 bits per heavy atom. The molecule has 1 saturated heterocycles. The summed E-state index contributed by atoms with van der Waals surface area (Å²) >= 11 is 15.6. The van der Waals surface area contributed by atoms with E-state index >= 15 is 0 Å². The van der Waals surface area contributed by atoms with Crippen LogP contribution in [0.4, 0.5) is 5.69 Å². The van der Waals surface area contributed by atoms with E-state index in [2.05, 4.69) is 26.6 Å². The van der Waals surface area contributed by atoms with E-state index in [4.69, 9.17) is 23.2 Å². The van der Waals surface area contributed by atoms with E-state index in [1.807, 2.05) is 13.8 Å². The fourth-order valence-corrected chi connectivity index (χ4v) is 3.38. The second kappa shape index (κ2) is 6.86. The van der Waals surface area contributed by atoms with Crippen LogP contribution in [0.3, 0.4) is 0 Å². The number of carbonyl (C=O) groups is 1. The topological polar surface area (TPSA) is 41.1 Å². The fraction of sp³-hybridized carbons (Fsp3) is 0.533. The van der Waals surface area contributed by atoms with Gasteiger partial charge in [0.2, 0.25) is 5.91 Å². The average molecular weight is 394 g/mol. The number of nitrogens with one attached hydrogen (secondary N) is 2. The highest BCUT2D eigenvalue weighted by Gasteiger charge is 2.37. The van der Waals surface area contributed by atoms with E-state index < -0.39 is 5.41 Å². The number of anilines is 1. The molecule has 0 bridgehead atoms. The van der Waals surface area contributed by atoms with E-state index in [9.17, 15) is 4.79 Å². The Morgan fingerprint density at radius 1 is 1.38 bits per heavy atom. The molecule has 1 aromatic rings. The smallest absolute Gasteiger partial charge is 0.230 e. The molecule has 21 heavy (non-hydrogen) atoms. The van der Waals surface area contributed by atoms with Gasteiger partial charge in [-0.3, -0.25) is 4.79 Å². The molecule has 3 nitrogen and oxygen atoms in total. The molecule has 116 valence electrons. The maximum absolute atomic E-state index is 12.6. The summed E-state index contributed by atoms with van der Waals surface area (Å²) in [6, 6.07) is 3.53. The Hall–Kier alpha value is -0.290. The summed E-state index contributed by atoms with van der Waals surface area (Å²) in [5.41, 5.74) is 0.0859. The van der Waals surface area contributed by atoms with Gasteiger partial charge in [0.05, 0.1) is 15.7 Å². The highest BCUT2D eigenvalue weighted by molar-refractivity contribution is 9.10. The summed E-state index contributed by atoms with van der Waals surface area (Å²) in [5, 5.41) is 7.03. The second-order valence-corrected chi connectivity index (χ2v) is 7.55. The van der Waals surface area contributed by atoms with Crippen molar-refractivity contribution in [2.75, 3.05) is 18.4 Å². The summed E-state index contributed by atoms with van der Waals surface area (Å²) in [6.45, 7) is 5.86. The minimum absolute atomic E-state index is 0.0310. The van der Waals surface area contributed by atoms with Crippen molar-refractivity contribution >= 4 is 50.7 Å². The first-order chi connectivity index (χ1) is 9.84. The molecule has 1 fully saturated rings. The van der Waals surface area contributed by atoms with Gasteiger partial charge in [-0.05, 0) is 59.9 Å². The van der Waals surface area contributed by atoms with Crippen LogP contribution in [0.15, 0.2) is 16.6 Å². The number of benzene rings is 1. The molecule has 1 aromatic carbocycles. The van der Waals surface area contributed by atoms with E-state index in [1.54, 1.807) is 12.1 Å². The van der Waals surface area contributed by atoms with Gasteiger partial charge < -0.3 is 10.6 Å². The number of hydrogen-bond acceptors (Lipinski definition) is 2. The van der Waals surface area contributed by atoms with Crippen molar-refractivity contribution in [1.82, 2.24) is 5.32 Å². The Morgan fingerprint density at radius 3 is 2.71 bits per heavy atom. The lowest BCUT2D eigenvalue weighted by Crippen LogP contribution is -2.44. The Kier molecular flexibility index (Phi) is 5.58. The number of carbonyl (C=O) groups excluding carboxylic acids is 1. The normalized spacial score (nSPS) is 19.4. The van der Waals surface area contributed by atoms with Crippen LogP contribution in [0.5, 0.6) is 0 Å². The molecule has 1 aliphatic heterocycles. The molecule has 1 unspecified atom stereocenters. The molecule has 0 aromatic heterocycles. The molecule has 2 N–H and O–H groups in total. The van der Waals surface area contributed by atoms with Gasteiger partial charge in [-0.1, -0.05) is 37.0 Å². The molecular formula is C15H19BrCl2N2O. The van der Waals surface area contributed by atoms with Crippen molar-refractivity contribution in [1.29, 1.82) is 0 Å². The van der Waals surface area contributed by atoms with Gasteiger partial charge in [0, 0.05) is 9.89 Å². The van der Waals surface area contributed by atoms with Crippen LogP contribution in [-0.2, 0) is 4.79 Å². The molecule has 1 amide bonds. The third-order valence-electron chi connectivity index (χ3n) is 4.19. The summed E-state index contributed by atoms with van der Waals surface area (Å²) in [4.78, 5) is 12.6. The number of rotatable bonds is 3. The van der Waals surface area contributed by atoms with Crippen LogP contribution in [0.2, 0.25) is 10.0 Å². The lowest BCUT2D eigenvalue weighted by Gasteiger charge is -2.36. The molecule has 1 heterocycles. The first-order valence-electron chi connectivity index (χ1n) is 6.99. The molecular weight excluding hydrogens is 375 g/mol. The third-order valence-corrected chi connectivity index (χ3v) is 5.96. The molecule has 1 aliphatic rings. The molecule has 0 saturated carbocycles. The molecule has 2 rings (SSSR count). The second-order valence-electron chi connectivity index (χ2n) is 5.94. The number of piperidine rings is 1. The minimum Gasteiger partial charge on any atom is -0.324 e. The highest BCUT2D eigenvalue weighted by Crippen LogP contribution is 2.38. The van der Waals surface area contributed by atoms with Crippen molar-refractivity contribution in [2.24, 2.45) is 11.3 Å². The monoisotopic (exact) mass is 392 g/mol. The first kappa shape index (κ1) is 17.1. The Bertz CT molecular complexity index is 543. The van der Waals surface area contributed by atoms with Crippen molar-refractivity contribution in [3.8, 4) is 0 Å². The van der Waals surface area contributed by atoms with Gasteiger partial charge in [0.15, 0.2) is 0 Å². The van der Waals surface area contributed by atoms with Gasteiger partial charge in [-0.15, -0.1) is 0 Å². The first-order valence-corrected chi connectivity index (χ1v) is 8.54. The van der Waals surface area contributed by atoms with Gasteiger partial charge in [0.25, 0.3) is 0 Å². The highest BCUT2D eigenvalue weighted by atomic mass is 79.9. The predicted octanol–water partition coefficient (Wildman–Crippen LogP) is 4.72. The van der Waals surface area contributed by atoms with Crippen LogP contribution in [0.1, 0.15) is 26.7 Å². The zero-order valence-electron chi connectivity index (χ0n) is 12.1. The number of hydrogen-bond donors (Lipinski definition) is 2. The average Bonchev–Trinajstić information content (AvgIpc) is 2.48. The summed E-state index contributed by atoms with van der Waals surface area (Å²) in [5.74, 6) is 0.285. The van der Waals surface area contributed by atoms with Crippen LogP contribution in [0.25, 0.3) is 0 Å². The van der Waals surface area contributed by atoms with Crippen LogP contribution < -0.4 is 10.6 Å². The zero-order valence-corrected chi connectivity index (χ0v) is 15.2. The van der Waals surface area contributed by atoms with Gasteiger partial charge in [-0.2, -0.15) is 0 Å². The lowest BCUT2D eigenvalue weighted by molar-refractivity contribution is -0.127. The molecule has 0 spiro atoms. The Labute approximate surface area is 143 Å². The van der Waals surface area contributed by atoms with Crippen molar-refractivity contribution in [2.45, 2.75) is 26.7 Å². The van der Waals surface area contributed by atoms with Crippen molar-refractivity contribution in [3.63, 3.8) is 0 Å². The minimum atomic E-state index is -0.462.